The van der Waals surface area contributed by atoms with Crippen LogP contribution in [-0.2, 0) is 6.54 Å². The highest BCUT2D eigenvalue weighted by Gasteiger charge is 2.20. The summed E-state index contributed by atoms with van der Waals surface area (Å²) in [6.07, 6.45) is 9.85. The molecule has 1 fully saturated rings. The van der Waals surface area contributed by atoms with Gasteiger partial charge in [0, 0.05) is 25.2 Å². The first-order valence-corrected chi connectivity index (χ1v) is 16.1. The lowest BCUT2D eigenvalue weighted by molar-refractivity contribution is 0.0741. The van der Waals surface area contributed by atoms with Crippen molar-refractivity contribution in [3.8, 4) is 0 Å². The molecule has 0 unspecified atom stereocenters. The van der Waals surface area contributed by atoms with E-state index in [0.717, 1.165) is 73.0 Å². The van der Waals surface area contributed by atoms with Gasteiger partial charge in [-0.25, -0.2) is 4.98 Å². The van der Waals surface area contributed by atoms with Crippen LogP contribution in [0.2, 0.25) is 0 Å². The summed E-state index contributed by atoms with van der Waals surface area (Å²) in [7, 11) is 0. The summed E-state index contributed by atoms with van der Waals surface area (Å²) in [5, 5.41) is 6.71. The van der Waals surface area contributed by atoms with Crippen molar-refractivity contribution in [2.45, 2.75) is 85.6 Å². The molecule has 3 heterocycles. The van der Waals surface area contributed by atoms with E-state index in [-0.39, 0.29) is 5.91 Å². The molecule has 7 heteroatoms. The van der Waals surface area contributed by atoms with Crippen LogP contribution < -0.4 is 5.32 Å². The zero-order valence-corrected chi connectivity index (χ0v) is 25.4. The molecular weight excluding hydrogens is 502 g/mol. The van der Waals surface area contributed by atoms with E-state index >= 15 is 0 Å². The standard InChI is InChI=1S/C32H49N5OS/c1-25(2)15-21-36(22-16-26(3)4)31(38)27-13-14-28-29(24-27)37(32(33-28)34-30-12-10-23-39-30)20-11-19-35-17-8-6-5-7-9-18-35/h10,12-14,23-26H,5-9,11,15-22H2,1-4H3,(H,33,34). The molecule has 0 bridgehead atoms. The number of fused-ring (bicyclic) bond motifs is 1. The van der Waals surface area contributed by atoms with Crippen molar-refractivity contribution >= 4 is 39.2 Å². The van der Waals surface area contributed by atoms with Crippen molar-refractivity contribution < 1.29 is 4.79 Å². The fraction of sp³-hybridized carbons (Fsp3) is 0.625. The fourth-order valence-corrected chi connectivity index (χ4v) is 5.96. The molecule has 6 nitrogen and oxygen atoms in total. The number of amides is 1. The first-order valence-electron chi connectivity index (χ1n) is 15.2. The second-order valence-electron chi connectivity index (χ2n) is 12.0. The highest BCUT2D eigenvalue weighted by atomic mass is 32.1. The second-order valence-corrected chi connectivity index (χ2v) is 13.0. The number of nitrogens with zero attached hydrogens (tertiary/aromatic N) is 4. The van der Waals surface area contributed by atoms with Gasteiger partial charge in [0.25, 0.3) is 5.91 Å². The Hall–Kier alpha value is -2.38. The number of hydrogen-bond acceptors (Lipinski definition) is 5. The molecule has 0 aliphatic carbocycles. The van der Waals surface area contributed by atoms with Crippen molar-refractivity contribution in [3.05, 3.63) is 41.3 Å². The van der Waals surface area contributed by atoms with Gasteiger partial charge in [0.1, 0.15) is 0 Å². The minimum atomic E-state index is 0.138. The SMILES string of the molecule is CC(C)CCN(CCC(C)C)C(=O)c1ccc2nc(Nc3cccs3)n(CCCN3CCCCCCC3)c2c1. The smallest absolute Gasteiger partial charge is 0.253 e. The maximum atomic E-state index is 13.7. The van der Waals surface area contributed by atoms with Crippen LogP contribution in [0.5, 0.6) is 0 Å². The highest BCUT2D eigenvalue weighted by Crippen LogP contribution is 2.27. The second kappa shape index (κ2) is 14.8. The van der Waals surface area contributed by atoms with E-state index in [1.807, 2.05) is 12.1 Å². The average Bonchev–Trinajstić information content (AvgIpc) is 3.52. The zero-order valence-electron chi connectivity index (χ0n) is 24.6. The summed E-state index contributed by atoms with van der Waals surface area (Å²) in [6.45, 7) is 14.9. The normalized spacial score (nSPS) is 15.1. The first kappa shape index (κ1) is 29.6. The lowest BCUT2D eigenvalue weighted by atomic mass is 10.1. The van der Waals surface area contributed by atoms with Crippen LogP contribution in [0.1, 0.15) is 89.4 Å². The minimum Gasteiger partial charge on any atom is -0.339 e. The van der Waals surface area contributed by atoms with Crippen molar-refractivity contribution in [1.82, 2.24) is 19.4 Å². The van der Waals surface area contributed by atoms with Crippen LogP contribution >= 0.6 is 11.3 Å². The number of hydrogen-bond donors (Lipinski definition) is 1. The fourth-order valence-electron chi connectivity index (χ4n) is 5.35. The third-order valence-corrected chi connectivity index (χ3v) is 8.58. The minimum absolute atomic E-state index is 0.138. The number of carbonyl (C=O) groups excluding carboxylic acids is 1. The topological polar surface area (TPSA) is 53.4 Å². The summed E-state index contributed by atoms with van der Waals surface area (Å²) in [4.78, 5) is 23.4. The Morgan fingerprint density at radius 2 is 1.67 bits per heavy atom. The van der Waals surface area contributed by atoms with Gasteiger partial charge in [0.15, 0.2) is 0 Å². The van der Waals surface area contributed by atoms with Gasteiger partial charge >= 0.3 is 0 Å². The highest BCUT2D eigenvalue weighted by molar-refractivity contribution is 7.14. The number of thiophene rings is 1. The van der Waals surface area contributed by atoms with Crippen molar-refractivity contribution in [3.63, 3.8) is 0 Å². The van der Waals surface area contributed by atoms with E-state index in [2.05, 4.69) is 71.0 Å². The number of aromatic nitrogens is 2. The van der Waals surface area contributed by atoms with Gasteiger partial charge in [-0.15, -0.1) is 11.3 Å². The Morgan fingerprint density at radius 3 is 2.31 bits per heavy atom. The molecule has 1 aromatic carbocycles. The number of anilines is 2. The molecule has 0 spiro atoms. The number of imidazole rings is 1. The van der Waals surface area contributed by atoms with Gasteiger partial charge in [-0.2, -0.15) is 0 Å². The lowest BCUT2D eigenvalue weighted by Gasteiger charge is -2.25. The molecule has 0 radical (unpaired) electrons. The number of rotatable bonds is 13. The molecule has 1 aliphatic heterocycles. The third-order valence-electron chi connectivity index (χ3n) is 7.80. The molecule has 4 rings (SSSR count). The maximum Gasteiger partial charge on any atom is 0.253 e. The lowest BCUT2D eigenvalue weighted by Crippen LogP contribution is -2.34. The Morgan fingerprint density at radius 1 is 0.974 bits per heavy atom. The molecule has 39 heavy (non-hydrogen) atoms. The number of nitrogens with one attached hydrogen (secondary N) is 1. The van der Waals surface area contributed by atoms with E-state index in [1.54, 1.807) is 11.3 Å². The number of carbonyl (C=O) groups is 1. The van der Waals surface area contributed by atoms with Crippen LogP contribution in [0, 0.1) is 11.8 Å². The van der Waals surface area contributed by atoms with Gasteiger partial charge in [-0.1, -0.05) is 47.0 Å². The van der Waals surface area contributed by atoms with Gasteiger partial charge in [-0.05, 0) is 99.3 Å². The van der Waals surface area contributed by atoms with Crippen LogP contribution in [0.3, 0.4) is 0 Å². The predicted molar refractivity (Wildman–Crippen MR) is 166 cm³/mol. The number of benzene rings is 1. The van der Waals surface area contributed by atoms with Gasteiger partial charge in [-0.3, -0.25) is 4.79 Å². The molecule has 1 amide bonds. The molecule has 1 saturated heterocycles. The Bertz CT molecular complexity index is 1130. The van der Waals surface area contributed by atoms with Gasteiger partial charge in [0.2, 0.25) is 5.95 Å². The summed E-state index contributed by atoms with van der Waals surface area (Å²) in [5.41, 5.74) is 2.75. The molecule has 2 aromatic heterocycles. The summed E-state index contributed by atoms with van der Waals surface area (Å²) >= 11 is 1.68. The summed E-state index contributed by atoms with van der Waals surface area (Å²) in [6, 6.07) is 10.2. The number of likely N-dealkylation sites (tertiary alicyclic amines) is 1. The van der Waals surface area contributed by atoms with Crippen LogP contribution in [-0.4, -0.2) is 58.0 Å². The van der Waals surface area contributed by atoms with E-state index in [0.29, 0.717) is 11.8 Å². The molecule has 1 N–H and O–H groups in total. The third kappa shape index (κ3) is 8.81. The van der Waals surface area contributed by atoms with Gasteiger partial charge < -0.3 is 19.7 Å². The number of aryl methyl sites for hydroxylation is 1. The van der Waals surface area contributed by atoms with Crippen LogP contribution in [0.15, 0.2) is 35.7 Å². The van der Waals surface area contributed by atoms with Crippen molar-refractivity contribution in [1.29, 1.82) is 0 Å². The largest absolute Gasteiger partial charge is 0.339 e. The summed E-state index contributed by atoms with van der Waals surface area (Å²) in [5.74, 6) is 2.14. The zero-order chi connectivity index (χ0) is 27.6. The molecule has 1 aliphatic rings. The Balaban J connectivity index is 1.56. The average molecular weight is 552 g/mol. The maximum absolute atomic E-state index is 13.7. The summed E-state index contributed by atoms with van der Waals surface area (Å²) < 4.78 is 2.29. The molecule has 0 saturated carbocycles. The van der Waals surface area contributed by atoms with E-state index in [1.165, 1.54) is 45.2 Å². The predicted octanol–water partition coefficient (Wildman–Crippen LogP) is 8.03. The van der Waals surface area contributed by atoms with Crippen molar-refractivity contribution in [2.75, 3.05) is 38.0 Å². The quantitative estimate of drug-likeness (QED) is 0.234. The van der Waals surface area contributed by atoms with Crippen LogP contribution in [0.25, 0.3) is 11.0 Å². The van der Waals surface area contributed by atoms with E-state index in [9.17, 15) is 4.79 Å². The Kier molecular flexibility index (Phi) is 11.3. The van der Waals surface area contributed by atoms with E-state index in [4.69, 9.17) is 4.98 Å². The van der Waals surface area contributed by atoms with Crippen LogP contribution in [0.4, 0.5) is 10.9 Å². The molecular formula is C32H49N5OS. The molecule has 3 aromatic rings. The van der Waals surface area contributed by atoms with Crippen molar-refractivity contribution in [2.24, 2.45) is 11.8 Å². The van der Waals surface area contributed by atoms with Gasteiger partial charge in [0.05, 0.1) is 16.0 Å². The molecule has 214 valence electrons. The van der Waals surface area contributed by atoms with E-state index < -0.39 is 0 Å². The first-order chi connectivity index (χ1) is 18.9. The Labute approximate surface area is 239 Å². The molecule has 0 atom stereocenters. The monoisotopic (exact) mass is 551 g/mol.